The van der Waals surface area contributed by atoms with E-state index in [-0.39, 0.29) is 18.1 Å². The molecule has 1 aromatic heterocycles. The molecule has 0 aliphatic rings. The van der Waals surface area contributed by atoms with Crippen molar-refractivity contribution in [2.75, 3.05) is 12.3 Å². The van der Waals surface area contributed by atoms with Crippen molar-refractivity contribution in [3.8, 4) is 5.75 Å². The molecule has 2 rings (SSSR count). The van der Waals surface area contributed by atoms with Crippen LogP contribution < -0.4 is 15.8 Å². The lowest BCUT2D eigenvalue weighted by Gasteiger charge is -2.24. The lowest BCUT2D eigenvalue weighted by Crippen LogP contribution is -2.44. The van der Waals surface area contributed by atoms with Crippen LogP contribution in [0.5, 0.6) is 5.75 Å². The summed E-state index contributed by atoms with van der Waals surface area (Å²) in [4.78, 5) is 16.2. The number of nitrogens with zero attached hydrogens (tertiary/aromatic N) is 1. The summed E-state index contributed by atoms with van der Waals surface area (Å²) in [5, 5.41) is 3.75. The summed E-state index contributed by atoms with van der Waals surface area (Å²) in [7, 11) is 0. The maximum absolute atomic E-state index is 11.9. The Hall–Kier alpha value is -2.30. The summed E-state index contributed by atoms with van der Waals surface area (Å²) in [6, 6.07) is 7.19. The van der Waals surface area contributed by atoms with E-state index in [2.05, 4.69) is 10.3 Å². The van der Waals surface area contributed by atoms with Crippen molar-refractivity contribution in [1.29, 1.82) is 0 Å². The van der Waals surface area contributed by atoms with Crippen molar-refractivity contribution in [1.82, 2.24) is 10.3 Å². The minimum absolute atomic E-state index is 0.0426. The van der Waals surface area contributed by atoms with Gasteiger partial charge in [-0.25, -0.2) is 0 Å². The van der Waals surface area contributed by atoms with Crippen LogP contribution in [-0.4, -0.2) is 23.0 Å². The zero-order valence-electron chi connectivity index (χ0n) is 12.6. The molecule has 0 atom stereocenters. The fourth-order valence-electron chi connectivity index (χ4n) is 1.93. The summed E-state index contributed by atoms with van der Waals surface area (Å²) < 4.78 is 5.60. The molecule has 112 valence electrons. The first-order valence-electron chi connectivity index (χ1n) is 7.00. The Bertz CT molecular complexity index is 653. The first-order chi connectivity index (χ1) is 9.93. The average Bonchev–Trinajstić information content (AvgIpc) is 2.46. The van der Waals surface area contributed by atoms with Gasteiger partial charge in [0.25, 0.3) is 5.91 Å². The number of aromatic nitrogens is 1. The second-order valence-electron chi connectivity index (χ2n) is 5.63. The predicted molar refractivity (Wildman–Crippen MR) is 84.2 cm³/mol. The first kappa shape index (κ1) is 15.1. The molecule has 1 aromatic carbocycles. The van der Waals surface area contributed by atoms with Crippen molar-refractivity contribution in [3.63, 3.8) is 0 Å². The third-order valence-corrected chi connectivity index (χ3v) is 3.49. The van der Waals surface area contributed by atoms with E-state index in [1.54, 1.807) is 18.3 Å². The molecule has 0 spiro atoms. The van der Waals surface area contributed by atoms with E-state index in [0.717, 1.165) is 11.8 Å². The molecule has 1 amide bonds. The van der Waals surface area contributed by atoms with Crippen LogP contribution >= 0.6 is 0 Å². The number of benzene rings is 1. The van der Waals surface area contributed by atoms with Crippen molar-refractivity contribution < 1.29 is 9.53 Å². The molecule has 2 aromatic rings. The lowest BCUT2D eigenvalue weighted by molar-refractivity contribution is -0.124. The molecule has 0 aliphatic carbocycles. The van der Waals surface area contributed by atoms with Gasteiger partial charge in [-0.15, -0.1) is 0 Å². The van der Waals surface area contributed by atoms with E-state index >= 15 is 0 Å². The molecule has 0 bridgehead atoms. The number of ether oxygens (including phenoxy) is 1. The maximum Gasteiger partial charge on any atom is 0.258 e. The topological polar surface area (TPSA) is 77.2 Å². The molecule has 0 unspecified atom stereocenters. The highest BCUT2D eigenvalue weighted by atomic mass is 16.5. The Morgan fingerprint density at radius 1 is 1.38 bits per heavy atom. The first-order valence-corrected chi connectivity index (χ1v) is 7.00. The number of rotatable bonds is 5. The number of nitrogens with two attached hydrogens (primary N) is 1. The normalized spacial score (nSPS) is 11.4. The lowest BCUT2D eigenvalue weighted by atomic mass is 10.0. The fourth-order valence-corrected chi connectivity index (χ4v) is 1.93. The van der Waals surface area contributed by atoms with Gasteiger partial charge < -0.3 is 15.8 Å². The average molecular weight is 287 g/mol. The summed E-state index contributed by atoms with van der Waals surface area (Å²) in [5.74, 6) is 0.409. The monoisotopic (exact) mass is 287 g/mol. The number of hydrogen-bond donors (Lipinski definition) is 2. The van der Waals surface area contributed by atoms with Crippen molar-refractivity contribution in [2.24, 2.45) is 0 Å². The van der Waals surface area contributed by atoms with Crippen LogP contribution in [0.15, 0.2) is 30.5 Å². The summed E-state index contributed by atoms with van der Waals surface area (Å²) in [5.41, 5.74) is 6.98. The summed E-state index contributed by atoms with van der Waals surface area (Å²) in [6.07, 6.45) is 2.53. The highest BCUT2D eigenvalue weighted by Crippen LogP contribution is 2.27. The number of amides is 1. The van der Waals surface area contributed by atoms with Crippen LogP contribution in [0.4, 0.5) is 5.69 Å². The van der Waals surface area contributed by atoms with Crippen molar-refractivity contribution in [2.45, 2.75) is 32.7 Å². The van der Waals surface area contributed by atoms with Gasteiger partial charge in [-0.2, -0.15) is 0 Å². The molecule has 5 heteroatoms. The van der Waals surface area contributed by atoms with Gasteiger partial charge in [-0.1, -0.05) is 6.92 Å². The van der Waals surface area contributed by atoms with Crippen LogP contribution in [0.3, 0.4) is 0 Å². The van der Waals surface area contributed by atoms with E-state index < -0.39 is 0 Å². The van der Waals surface area contributed by atoms with Gasteiger partial charge in [0.2, 0.25) is 0 Å². The van der Waals surface area contributed by atoms with E-state index in [1.807, 2.05) is 32.9 Å². The van der Waals surface area contributed by atoms with Crippen LogP contribution in [0, 0.1) is 0 Å². The van der Waals surface area contributed by atoms with Gasteiger partial charge in [-0.3, -0.25) is 9.78 Å². The van der Waals surface area contributed by atoms with Crippen molar-refractivity contribution >= 4 is 22.5 Å². The third kappa shape index (κ3) is 3.62. The van der Waals surface area contributed by atoms with Crippen LogP contribution in [-0.2, 0) is 4.79 Å². The van der Waals surface area contributed by atoms with E-state index in [9.17, 15) is 4.79 Å². The second kappa shape index (κ2) is 5.99. The molecule has 1 heterocycles. The zero-order valence-corrected chi connectivity index (χ0v) is 12.6. The van der Waals surface area contributed by atoms with Crippen LogP contribution in [0.2, 0.25) is 0 Å². The Kier molecular flexibility index (Phi) is 4.31. The van der Waals surface area contributed by atoms with Gasteiger partial charge >= 0.3 is 0 Å². The molecule has 21 heavy (non-hydrogen) atoms. The second-order valence-corrected chi connectivity index (χ2v) is 5.63. The van der Waals surface area contributed by atoms with Gasteiger partial charge in [0.1, 0.15) is 11.3 Å². The highest BCUT2D eigenvalue weighted by molar-refractivity contribution is 5.94. The van der Waals surface area contributed by atoms with Gasteiger partial charge in [0.15, 0.2) is 6.61 Å². The summed E-state index contributed by atoms with van der Waals surface area (Å²) in [6.45, 7) is 5.94. The van der Waals surface area contributed by atoms with Crippen molar-refractivity contribution in [3.05, 3.63) is 30.5 Å². The predicted octanol–water partition coefficient (Wildman–Crippen LogP) is 2.50. The number of anilines is 1. The highest BCUT2D eigenvalue weighted by Gasteiger charge is 2.18. The molecule has 0 radical (unpaired) electrons. The van der Waals surface area contributed by atoms with Crippen LogP contribution in [0.25, 0.3) is 10.9 Å². The quantitative estimate of drug-likeness (QED) is 0.828. The van der Waals surface area contributed by atoms with Gasteiger partial charge in [-0.05, 0) is 44.5 Å². The fraction of sp³-hybridized carbons (Fsp3) is 0.375. The Balaban J connectivity index is 2.11. The summed E-state index contributed by atoms with van der Waals surface area (Å²) >= 11 is 0. The molecular formula is C16H21N3O2. The van der Waals surface area contributed by atoms with Gasteiger partial charge in [0, 0.05) is 22.8 Å². The van der Waals surface area contributed by atoms with Crippen LogP contribution in [0.1, 0.15) is 27.2 Å². The minimum Gasteiger partial charge on any atom is -0.481 e. The minimum atomic E-state index is -0.234. The number of carbonyl (C=O) groups is 1. The molecule has 0 saturated heterocycles. The molecular weight excluding hydrogens is 266 g/mol. The number of nitrogen functional groups attached to an aromatic ring is 1. The van der Waals surface area contributed by atoms with E-state index in [4.69, 9.17) is 10.5 Å². The Morgan fingerprint density at radius 2 is 2.14 bits per heavy atom. The zero-order chi connectivity index (χ0) is 15.5. The van der Waals surface area contributed by atoms with E-state index in [0.29, 0.717) is 17.0 Å². The molecule has 5 nitrogen and oxygen atoms in total. The Labute approximate surface area is 124 Å². The number of nitrogens with one attached hydrogen (secondary N) is 1. The smallest absolute Gasteiger partial charge is 0.258 e. The number of hydrogen-bond acceptors (Lipinski definition) is 4. The number of pyridine rings is 1. The molecule has 0 fully saturated rings. The SMILES string of the molecule is CCC(C)(C)NC(=O)COc1ccc(N)c2cccnc12. The maximum atomic E-state index is 11.9. The standard InChI is InChI=1S/C16H21N3O2/c1-4-16(2,3)19-14(20)10-21-13-8-7-12(17)11-6-5-9-18-15(11)13/h5-9H,4,10,17H2,1-3H3,(H,19,20). The van der Waals surface area contributed by atoms with Gasteiger partial charge in [0.05, 0.1) is 0 Å². The molecule has 3 N–H and O–H groups in total. The van der Waals surface area contributed by atoms with E-state index in [1.165, 1.54) is 0 Å². The Morgan fingerprint density at radius 3 is 2.86 bits per heavy atom. The largest absolute Gasteiger partial charge is 0.481 e. The molecule has 0 saturated carbocycles. The number of carbonyl (C=O) groups excluding carboxylic acids is 1. The molecule has 0 aliphatic heterocycles. The number of fused-ring (bicyclic) bond motifs is 1. The third-order valence-electron chi connectivity index (χ3n) is 3.49.